The predicted molar refractivity (Wildman–Crippen MR) is 63.0 cm³/mol. The van der Waals surface area contributed by atoms with E-state index in [4.69, 9.17) is 5.73 Å². The predicted octanol–water partition coefficient (Wildman–Crippen LogP) is 2.02. The molecule has 0 unspecified atom stereocenters. The van der Waals surface area contributed by atoms with Crippen LogP contribution in [0.3, 0.4) is 0 Å². The van der Waals surface area contributed by atoms with Gasteiger partial charge in [-0.1, -0.05) is 26.0 Å². The van der Waals surface area contributed by atoms with Gasteiger partial charge in [-0.3, -0.25) is 4.79 Å². The topological polar surface area (TPSA) is 55.1 Å². The smallest absolute Gasteiger partial charge is 0.238 e. The van der Waals surface area contributed by atoms with Crippen LogP contribution in [0.2, 0.25) is 0 Å². The van der Waals surface area contributed by atoms with Crippen LogP contribution >= 0.6 is 0 Å². The maximum absolute atomic E-state index is 11.2. The van der Waals surface area contributed by atoms with Crippen molar-refractivity contribution in [3.8, 4) is 0 Å². The molecule has 0 aliphatic rings. The Morgan fingerprint density at radius 2 is 2.13 bits per heavy atom. The molecule has 0 radical (unpaired) electrons. The van der Waals surface area contributed by atoms with E-state index in [1.807, 2.05) is 19.1 Å². The van der Waals surface area contributed by atoms with E-state index < -0.39 is 0 Å². The molecule has 3 nitrogen and oxygen atoms in total. The first-order chi connectivity index (χ1) is 7.04. The highest BCUT2D eigenvalue weighted by molar-refractivity contribution is 5.92. The monoisotopic (exact) mass is 206 g/mol. The van der Waals surface area contributed by atoms with Crippen molar-refractivity contribution in [2.75, 3.05) is 11.9 Å². The van der Waals surface area contributed by atoms with Gasteiger partial charge in [-0.25, -0.2) is 0 Å². The molecule has 1 rings (SSSR count). The second-order valence-corrected chi connectivity index (χ2v) is 3.98. The molecule has 0 aliphatic carbocycles. The highest BCUT2D eigenvalue weighted by Gasteiger charge is 2.05. The van der Waals surface area contributed by atoms with Crippen molar-refractivity contribution >= 4 is 11.6 Å². The van der Waals surface area contributed by atoms with E-state index in [1.165, 1.54) is 5.56 Å². The third-order valence-electron chi connectivity index (χ3n) is 2.39. The lowest BCUT2D eigenvalue weighted by Crippen LogP contribution is -2.22. The van der Waals surface area contributed by atoms with Gasteiger partial charge in [0.15, 0.2) is 0 Å². The molecule has 0 aliphatic heterocycles. The molecule has 1 aromatic rings. The van der Waals surface area contributed by atoms with E-state index >= 15 is 0 Å². The fourth-order valence-electron chi connectivity index (χ4n) is 1.33. The molecule has 82 valence electrons. The molecule has 0 saturated carbocycles. The summed E-state index contributed by atoms with van der Waals surface area (Å²) in [5.74, 6) is 0.304. The molecular weight excluding hydrogens is 188 g/mol. The Kier molecular flexibility index (Phi) is 3.86. The highest BCUT2D eigenvalue weighted by atomic mass is 16.1. The molecule has 1 amide bonds. The Morgan fingerprint density at radius 3 is 2.67 bits per heavy atom. The lowest BCUT2D eigenvalue weighted by Gasteiger charge is -2.11. The number of nitrogens with one attached hydrogen (secondary N) is 1. The maximum atomic E-state index is 11.2. The molecule has 0 atom stereocenters. The molecule has 3 heteroatoms. The fourth-order valence-corrected chi connectivity index (χ4v) is 1.33. The summed E-state index contributed by atoms with van der Waals surface area (Å²) < 4.78 is 0. The number of benzene rings is 1. The van der Waals surface area contributed by atoms with E-state index in [-0.39, 0.29) is 12.5 Å². The SMILES string of the molecule is Cc1ccc(C(C)C)cc1NC(=O)CN. The summed E-state index contributed by atoms with van der Waals surface area (Å²) in [4.78, 5) is 11.2. The number of aryl methyl sites for hydroxylation is 1. The average Bonchev–Trinajstić information content (AvgIpc) is 2.20. The quantitative estimate of drug-likeness (QED) is 0.795. The van der Waals surface area contributed by atoms with Crippen molar-refractivity contribution in [3.63, 3.8) is 0 Å². The lowest BCUT2D eigenvalue weighted by atomic mass is 10.0. The highest BCUT2D eigenvalue weighted by Crippen LogP contribution is 2.22. The van der Waals surface area contributed by atoms with Crippen LogP contribution in [-0.4, -0.2) is 12.5 Å². The van der Waals surface area contributed by atoms with E-state index in [0.29, 0.717) is 5.92 Å². The lowest BCUT2D eigenvalue weighted by molar-refractivity contribution is -0.114. The fraction of sp³-hybridized carbons (Fsp3) is 0.417. The first-order valence-electron chi connectivity index (χ1n) is 5.15. The molecule has 15 heavy (non-hydrogen) atoms. The Balaban J connectivity index is 2.95. The average molecular weight is 206 g/mol. The zero-order valence-corrected chi connectivity index (χ0v) is 9.50. The third-order valence-corrected chi connectivity index (χ3v) is 2.39. The minimum Gasteiger partial charge on any atom is -0.325 e. The summed E-state index contributed by atoms with van der Waals surface area (Å²) >= 11 is 0. The minimum absolute atomic E-state index is 0.0192. The summed E-state index contributed by atoms with van der Waals surface area (Å²) in [6.45, 7) is 6.24. The van der Waals surface area contributed by atoms with Crippen molar-refractivity contribution in [2.45, 2.75) is 26.7 Å². The van der Waals surface area contributed by atoms with Crippen LogP contribution in [0.25, 0.3) is 0 Å². The molecule has 1 aromatic carbocycles. The molecule has 0 spiro atoms. The first-order valence-corrected chi connectivity index (χ1v) is 5.15. The number of carbonyl (C=O) groups excluding carboxylic acids is 1. The van der Waals surface area contributed by atoms with Gasteiger partial charge in [0.05, 0.1) is 6.54 Å². The standard InChI is InChI=1S/C12H18N2O/c1-8(2)10-5-4-9(3)11(6-10)14-12(15)7-13/h4-6,8H,7,13H2,1-3H3,(H,14,15). The number of amides is 1. The molecule has 0 fully saturated rings. The summed E-state index contributed by atoms with van der Waals surface area (Å²) in [6.07, 6.45) is 0. The zero-order valence-electron chi connectivity index (χ0n) is 9.50. The van der Waals surface area contributed by atoms with E-state index in [2.05, 4.69) is 25.2 Å². The Bertz CT molecular complexity index is 359. The summed E-state index contributed by atoms with van der Waals surface area (Å²) in [5, 5.41) is 2.79. The van der Waals surface area contributed by atoms with Crippen molar-refractivity contribution in [3.05, 3.63) is 29.3 Å². The zero-order chi connectivity index (χ0) is 11.4. The largest absolute Gasteiger partial charge is 0.325 e. The maximum Gasteiger partial charge on any atom is 0.238 e. The van der Waals surface area contributed by atoms with Gasteiger partial charge in [0.1, 0.15) is 0 Å². The van der Waals surface area contributed by atoms with Gasteiger partial charge in [0.25, 0.3) is 0 Å². The van der Waals surface area contributed by atoms with Gasteiger partial charge in [-0.15, -0.1) is 0 Å². The summed E-state index contributed by atoms with van der Waals surface area (Å²) in [5.41, 5.74) is 8.39. The normalized spacial score (nSPS) is 10.5. The molecule has 0 heterocycles. The Morgan fingerprint density at radius 1 is 1.47 bits per heavy atom. The van der Waals surface area contributed by atoms with Crippen LogP contribution in [0, 0.1) is 6.92 Å². The summed E-state index contributed by atoms with van der Waals surface area (Å²) in [6, 6.07) is 6.10. The van der Waals surface area contributed by atoms with E-state index in [9.17, 15) is 4.79 Å². The van der Waals surface area contributed by atoms with Gasteiger partial charge in [0, 0.05) is 5.69 Å². The number of carbonyl (C=O) groups is 1. The number of nitrogens with two attached hydrogens (primary N) is 1. The number of rotatable bonds is 3. The van der Waals surface area contributed by atoms with E-state index in [0.717, 1.165) is 11.3 Å². The van der Waals surface area contributed by atoms with Crippen molar-refractivity contribution in [1.29, 1.82) is 0 Å². The van der Waals surface area contributed by atoms with Crippen molar-refractivity contribution in [2.24, 2.45) is 5.73 Å². The van der Waals surface area contributed by atoms with Crippen LogP contribution in [0.15, 0.2) is 18.2 Å². The van der Waals surface area contributed by atoms with Gasteiger partial charge in [-0.05, 0) is 30.0 Å². The molecule has 0 aromatic heterocycles. The van der Waals surface area contributed by atoms with Crippen LogP contribution in [0.4, 0.5) is 5.69 Å². The van der Waals surface area contributed by atoms with Gasteiger partial charge >= 0.3 is 0 Å². The van der Waals surface area contributed by atoms with Gasteiger partial charge in [0.2, 0.25) is 5.91 Å². The summed E-state index contributed by atoms with van der Waals surface area (Å²) in [7, 11) is 0. The second kappa shape index (κ2) is 4.94. The second-order valence-electron chi connectivity index (χ2n) is 3.98. The van der Waals surface area contributed by atoms with Crippen LogP contribution in [0.1, 0.15) is 30.9 Å². The third kappa shape index (κ3) is 3.06. The van der Waals surface area contributed by atoms with Crippen molar-refractivity contribution in [1.82, 2.24) is 0 Å². The van der Waals surface area contributed by atoms with Crippen LogP contribution in [0.5, 0.6) is 0 Å². The van der Waals surface area contributed by atoms with Crippen LogP contribution < -0.4 is 11.1 Å². The Hall–Kier alpha value is -1.35. The van der Waals surface area contributed by atoms with E-state index in [1.54, 1.807) is 0 Å². The molecule has 3 N–H and O–H groups in total. The molecule has 0 saturated heterocycles. The van der Waals surface area contributed by atoms with Gasteiger partial charge in [-0.2, -0.15) is 0 Å². The number of anilines is 1. The molecule has 0 bridgehead atoms. The van der Waals surface area contributed by atoms with Gasteiger partial charge < -0.3 is 11.1 Å². The first kappa shape index (κ1) is 11.7. The number of hydrogen-bond acceptors (Lipinski definition) is 2. The Labute approximate surface area is 90.7 Å². The molecular formula is C12H18N2O. The van der Waals surface area contributed by atoms with Crippen molar-refractivity contribution < 1.29 is 4.79 Å². The van der Waals surface area contributed by atoms with Crippen LogP contribution in [-0.2, 0) is 4.79 Å². The number of hydrogen-bond donors (Lipinski definition) is 2. The minimum atomic E-state index is -0.154.